The molecule has 0 bridgehead atoms. The van der Waals surface area contributed by atoms with E-state index in [1.54, 1.807) is 36.4 Å². The molecular weight excluding hydrogens is 485 g/mol. The molecule has 0 aliphatic heterocycles. The number of carbonyl (C=O) groups excluding carboxylic acids is 1. The number of aliphatic hydroxyl groups is 1. The number of nitriles is 1. The Balaban J connectivity index is 1.91. The smallest absolute Gasteiger partial charge is 0.432 e. The van der Waals surface area contributed by atoms with E-state index in [-0.39, 0.29) is 16.9 Å². The van der Waals surface area contributed by atoms with Crippen LogP contribution in [0.4, 0.5) is 24.5 Å². The fraction of sp³-hybridized carbons (Fsp3) is 0.148. The predicted octanol–water partition coefficient (Wildman–Crippen LogP) is 5.22. The molecule has 1 atom stereocenters. The predicted molar refractivity (Wildman–Crippen MR) is 134 cm³/mol. The van der Waals surface area contributed by atoms with Crippen molar-refractivity contribution in [3.8, 4) is 11.8 Å². The SMILES string of the molecule is C/N=C(\C=C(/Nc1cccc(C#N)c1)C(=O)Nc1cccc(C(O)c2cccc(OC)c2)c1)C(F)(F)F. The number of carbonyl (C=O) groups is 1. The lowest BCUT2D eigenvalue weighted by molar-refractivity contribution is -0.112. The van der Waals surface area contributed by atoms with Gasteiger partial charge in [-0.05, 0) is 59.7 Å². The quantitative estimate of drug-likeness (QED) is 0.286. The first kappa shape index (κ1) is 27.0. The number of nitrogens with one attached hydrogen (secondary N) is 2. The van der Waals surface area contributed by atoms with Crippen molar-refractivity contribution in [3.05, 3.63) is 101 Å². The van der Waals surface area contributed by atoms with Crippen LogP contribution in [0.3, 0.4) is 0 Å². The molecule has 0 aliphatic rings. The number of anilines is 2. The fourth-order valence-electron chi connectivity index (χ4n) is 3.38. The van der Waals surface area contributed by atoms with E-state index in [0.717, 1.165) is 7.05 Å². The molecule has 0 spiro atoms. The van der Waals surface area contributed by atoms with Gasteiger partial charge in [0.1, 0.15) is 23.3 Å². The Morgan fingerprint density at radius 3 is 2.27 bits per heavy atom. The van der Waals surface area contributed by atoms with Gasteiger partial charge in [-0.3, -0.25) is 9.79 Å². The van der Waals surface area contributed by atoms with E-state index in [2.05, 4.69) is 15.6 Å². The summed E-state index contributed by atoms with van der Waals surface area (Å²) in [5.74, 6) is -0.332. The third-order valence-electron chi connectivity index (χ3n) is 5.20. The van der Waals surface area contributed by atoms with E-state index in [0.29, 0.717) is 23.0 Å². The first-order chi connectivity index (χ1) is 17.6. The van der Waals surface area contributed by atoms with Gasteiger partial charge in [-0.2, -0.15) is 18.4 Å². The number of halogens is 3. The molecule has 1 amide bonds. The van der Waals surface area contributed by atoms with Crippen molar-refractivity contribution in [1.29, 1.82) is 5.26 Å². The Kier molecular flexibility index (Phi) is 8.66. The van der Waals surface area contributed by atoms with Crippen LogP contribution in [0.15, 0.2) is 89.6 Å². The zero-order valence-corrected chi connectivity index (χ0v) is 19.9. The number of methoxy groups -OCH3 is 1. The molecule has 0 saturated heterocycles. The van der Waals surface area contributed by atoms with E-state index in [1.807, 2.05) is 6.07 Å². The molecule has 0 aromatic heterocycles. The number of amides is 1. The Bertz CT molecular complexity index is 1380. The normalized spacial score (nSPS) is 12.9. The number of rotatable bonds is 8. The van der Waals surface area contributed by atoms with Gasteiger partial charge in [-0.15, -0.1) is 0 Å². The van der Waals surface area contributed by atoms with Crippen LogP contribution in [-0.2, 0) is 4.79 Å². The van der Waals surface area contributed by atoms with Gasteiger partial charge in [-0.1, -0.05) is 30.3 Å². The lowest BCUT2D eigenvalue weighted by atomic mass is 10.0. The van der Waals surface area contributed by atoms with Crippen LogP contribution in [-0.4, -0.2) is 37.1 Å². The molecule has 0 radical (unpaired) electrons. The molecule has 3 N–H and O–H groups in total. The van der Waals surface area contributed by atoms with Crippen molar-refractivity contribution in [2.24, 2.45) is 4.99 Å². The van der Waals surface area contributed by atoms with Crippen molar-refractivity contribution in [2.45, 2.75) is 12.3 Å². The number of hydrogen-bond acceptors (Lipinski definition) is 6. The Labute approximate surface area is 211 Å². The minimum Gasteiger partial charge on any atom is -0.497 e. The Hall–Kier alpha value is -4.62. The number of nitrogens with zero attached hydrogens (tertiary/aromatic N) is 2. The number of aliphatic imine (C=N–C) groups is 1. The molecule has 10 heteroatoms. The average Bonchev–Trinajstić information content (AvgIpc) is 2.90. The maximum atomic E-state index is 13.4. The first-order valence-electron chi connectivity index (χ1n) is 10.9. The van der Waals surface area contributed by atoms with Crippen molar-refractivity contribution in [2.75, 3.05) is 24.8 Å². The van der Waals surface area contributed by atoms with E-state index < -0.39 is 29.6 Å². The van der Waals surface area contributed by atoms with Crippen LogP contribution in [0.2, 0.25) is 0 Å². The van der Waals surface area contributed by atoms with E-state index in [1.165, 1.54) is 43.5 Å². The number of ether oxygens (including phenoxy) is 1. The summed E-state index contributed by atoms with van der Waals surface area (Å²) in [6.45, 7) is 0. The van der Waals surface area contributed by atoms with Gasteiger partial charge in [0.15, 0.2) is 0 Å². The highest BCUT2D eigenvalue weighted by atomic mass is 19.4. The van der Waals surface area contributed by atoms with Gasteiger partial charge in [-0.25, -0.2) is 0 Å². The maximum Gasteiger partial charge on any atom is 0.432 e. The summed E-state index contributed by atoms with van der Waals surface area (Å²) >= 11 is 0. The number of aliphatic hydroxyl groups excluding tert-OH is 1. The monoisotopic (exact) mass is 508 g/mol. The van der Waals surface area contributed by atoms with Crippen molar-refractivity contribution in [1.82, 2.24) is 0 Å². The molecule has 7 nitrogen and oxygen atoms in total. The van der Waals surface area contributed by atoms with Crippen molar-refractivity contribution < 1.29 is 27.8 Å². The number of hydrogen-bond donors (Lipinski definition) is 3. The highest BCUT2D eigenvalue weighted by Crippen LogP contribution is 2.27. The van der Waals surface area contributed by atoms with Crippen LogP contribution in [0.1, 0.15) is 22.8 Å². The van der Waals surface area contributed by atoms with Gasteiger partial charge >= 0.3 is 6.18 Å². The molecule has 0 heterocycles. The molecule has 0 aliphatic carbocycles. The zero-order chi connectivity index (χ0) is 27.0. The molecule has 1 unspecified atom stereocenters. The molecule has 3 aromatic carbocycles. The molecule has 0 fully saturated rings. The third kappa shape index (κ3) is 7.19. The first-order valence-corrected chi connectivity index (χ1v) is 10.9. The average molecular weight is 509 g/mol. The summed E-state index contributed by atoms with van der Waals surface area (Å²) in [6.07, 6.45) is -5.25. The molecule has 190 valence electrons. The fourth-order valence-corrected chi connectivity index (χ4v) is 3.38. The van der Waals surface area contributed by atoms with Gasteiger partial charge in [0.2, 0.25) is 0 Å². The topological polar surface area (TPSA) is 107 Å². The summed E-state index contributed by atoms with van der Waals surface area (Å²) in [5, 5.41) is 25.1. The van der Waals surface area contributed by atoms with Crippen LogP contribution in [0.5, 0.6) is 5.75 Å². The van der Waals surface area contributed by atoms with Crippen LogP contribution < -0.4 is 15.4 Å². The molecule has 0 saturated carbocycles. The van der Waals surface area contributed by atoms with Crippen LogP contribution >= 0.6 is 0 Å². The maximum absolute atomic E-state index is 13.4. The minimum absolute atomic E-state index is 0.236. The van der Waals surface area contributed by atoms with E-state index in [4.69, 9.17) is 10.00 Å². The third-order valence-corrected chi connectivity index (χ3v) is 5.20. The number of allylic oxidation sites excluding steroid dienone is 1. The second kappa shape index (κ2) is 11.9. The van der Waals surface area contributed by atoms with Gasteiger partial charge in [0.05, 0.1) is 18.7 Å². The molecular formula is C27H23F3N4O3. The van der Waals surface area contributed by atoms with Gasteiger partial charge in [0, 0.05) is 18.4 Å². The lowest BCUT2D eigenvalue weighted by Crippen LogP contribution is -2.26. The standard InChI is InChI=1S/C27H23F3N4O3/c1-32-24(27(28,29)30)15-23(33-20-9-3-6-17(12-20)16-31)26(36)34-21-10-4-7-18(13-21)25(35)19-8-5-11-22(14-19)37-2/h3-15,25,33,35H,1-2H3,(H,34,36)/b23-15-,32-24+. The van der Waals surface area contributed by atoms with Crippen molar-refractivity contribution >= 4 is 23.0 Å². The summed E-state index contributed by atoms with van der Waals surface area (Å²) < 4.78 is 45.3. The summed E-state index contributed by atoms with van der Waals surface area (Å²) in [6, 6.07) is 21.0. The highest BCUT2D eigenvalue weighted by molar-refractivity contribution is 6.12. The van der Waals surface area contributed by atoms with Crippen LogP contribution in [0, 0.1) is 11.3 Å². The minimum atomic E-state index is -4.79. The van der Waals surface area contributed by atoms with Crippen molar-refractivity contribution in [3.63, 3.8) is 0 Å². The number of alkyl halides is 3. The number of benzene rings is 3. The van der Waals surface area contributed by atoms with Gasteiger partial charge in [0.25, 0.3) is 5.91 Å². The molecule has 3 rings (SSSR count). The largest absolute Gasteiger partial charge is 0.497 e. The van der Waals surface area contributed by atoms with E-state index in [9.17, 15) is 23.1 Å². The van der Waals surface area contributed by atoms with E-state index >= 15 is 0 Å². The summed E-state index contributed by atoms with van der Waals surface area (Å²) in [5.41, 5.74) is -0.00118. The summed E-state index contributed by atoms with van der Waals surface area (Å²) in [4.78, 5) is 16.3. The Morgan fingerprint density at radius 1 is 1.03 bits per heavy atom. The van der Waals surface area contributed by atoms with Crippen LogP contribution in [0.25, 0.3) is 0 Å². The second-order valence-electron chi connectivity index (χ2n) is 7.74. The zero-order valence-electron chi connectivity index (χ0n) is 19.9. The molecule has 3 aromatic rings. The Morgan fingerprint density at radius 2 is 1.65 bits per heavy atom. The summed E-state index contributed by atoms with van der Waals surface area (Å²) in [7, 11) is 2.47. The second-order valence-corrected chi connectivity index (χ2v) is 7.74. The lowest BCUT2D eigenvalue weighted by Gasteiger charge is -2.16. The molecule has 37 heavy (non-hydrogen) atoms. The highest BCUT2D eigenvalue weighted by Gasteiger charge is 2.34. The van der Waals surface area contributed by atoms with Gasteiger partial charge < -0.3 is 20.5 Å².